The summed E-state index contributed by atoms with van der Waals surface area (Å²) < 4.78 is 1.25. The van der Waals surface area contributed by atoms with E-state index in [1.165, 1.54) is 12.8 Å². The second kappa shape index (κ2) is 10.9. The molecule has 0 radical (unpaired) electrons. The fourth-order valence-electron chi connectivity index (χ4n) is 4.77. The van der Waals surface area contributed by atoms with E-state index >= 15 is 0 Å². The lowest BCUT2D eigenvalue weighted by Crippen LogP contribution is -2.47. The van der Waals surface area contributed by atoms with Gasteiger partial charge < -0.3 is 20.6 Å². The zero-order valence-corrected chi connectivity index (χ0v) is 24.7. The van der Waals surface area contributed by atoms with Gasteiger partial charge in [-0.15, -0.1) is 0 Å². The number of benzene rings is 2. The number of halogens is 2. The van der Waals surface area contributed by atoms with Crippen LogP contribution in [-0.4, -0.2) is 66.1 Å². The molecule has 0 spiro atoms. The number of nitriles is 1. The van der Waals surface area contributed by atoms with Crippen LogP contribution in [0.25, 0.3) is 0 Å². The van der Waals surface area contributed by atoms with Crippen LogP contribution in [0.4, 0.5) is 5.69 Å². The summed E-state index contributed by atoms with van der Waals surface area (Å²) in [5.41, 5.74) is 1.52. The topological polar surface area (TPSA) is 109 Å². The van der Waals surface area contributed by atoms with E-state index in [0.717, 1.165) is 37.9 Å². The van der Waals surface area contributed by atoms with E-state index < -0.39 is 11.5 Å². The number of phenols is 1. The van der Waals surface area contributed by atoms with Crippen molar-refractivity contribution in [3.8, 4) is 11.8 Å². The summed E-state index contributed by atoms with van der Waals surface area (Å²) in [4.78, 5) is 31.1. The molecule has 0 bridgehead atoms. The minimum absolute atomic E-state index is 0.0774. The molecule has 2 saturated carbocycles. The molecule has 1 atom stereocenters. The van der Waals surface area contributed by atoms with Gasteiger partial charge in [-0.25, -0.2) is 0 Å². The highest BCUT2D eigenvalue weighted by Gasteiger charge is 2.45. The summed E-state index contributed by atoms with van der Waals surface area (Å²) in [6.45, 7) is 4.23. The highest BCUT2D eigenvalue weighted by Crippen LogP contribution is 2.36. The van der Waals surface area contributed by atoms with Gasteiger partial charge in [0, 0.05) is 50.0 Å². The van der Waals surface area contributed by atoms with Crippen molar-refractivity contribution in [2.75, 3.05) is 37.6 Å². The molecule has 1 heterocycles. The first-order chi connectivity index (χ1) is 17.8. The second-order valence-corrected chi connectivity index (χ2v) is 12.4. The van der Waals surface area contributed by atoms with Crippen LogP contribution in [0.15, 0.2) is 36.4 Å². The Morgan fingerprint density at radius 2 is 1.70 bits per heavy atom. The van der Waals surface area contributed by atoms with Gasteiger partial charge in [-0.1, -0.05) is 0 Å². The molecule has 2 aliphatic carbocycles. The van der Waals surface area contributed by atoms with Gasteiger partial charge in [-0.3, -0.25) is 14.5 Å². The lowest BCUT2D eigenvalue weighted by Gasteiger charge is -2.36. The number of carbonyl (C=O) groups excluding carboxylic acids is 2. The Bertz CT molecular complexity index is 1210. The number of anilines is 1. The first-order valence-electron chi connectivity index (χ1n) is 12.6. The molecule has 2 aromatic carbocycles. The molecule has 2 aromatic rings. The molecule has 1 aliphatic heterocycles. The second-order valence-electron chi connectivity index (χ2n) is 10.1. The zero-order valence-electron chi connectivity index (χ0n) is 20.3. The van der Waals surface area contributed by atoms with Crippen LogP contribution in [0, 0.1) is 18.5 Å². The van der Waals surface area contributed by atoms with Crippen molar-refractivity contribution in [3.63, 3.8) is 0 Å². The fraction of sp³-hybridized carbons (Fsp3) is 0.444. The predicted molar refractivity (Wildman–Crippen MR) is 158 cm³/mol. The van der Waals surface area contributed by atoms with Crippen LogP contribution >= 0.6 is 45.2 Å². The molecule has 5 rings (SSSR count). The molecule has 37 heavy (non-hydrogen) atoms. The molecular formula is C27H29I2N5O3. The molecule has 194 valence electrons. The Kier molecular flexibility index (Phi) is 7.83. The van der Waals surface area contributed by atoms with E-state index in [2.05, 4.69) is 26.5 Å². The first kappa shape index (κ1) is 26.5. The van der Waals surface area contributed by atoms with E-state index in [-0.39, 0.29) is 24.1 Å². The Morgan fingerprint density at radius 1 is 1.08 bits per heavy atom. The Balaban J connectivity index is 1.24. The Morgan fingerprint density at radius 3 is 2.24 bits per heavy atom. The molecule has 8 nitrogen and oxygen atoms in total. The Labute approximate surface area is 244 Å². The number of rotatable bonds is 8. The largest absolute Gasteiger partial charge is 0.506 e. The number of amides is 2. The zero-order chi connectivity index (χ0) is 26.2. The normalized spacial score (nSPS) is 19.5. The standard InChI is InChI=1S/C27H29I2N5O3/c28-22-13-18(14-23(29)24(22)35)21(26(37)32-27(16-30)7-8-27)15-31-25(36)17-1-3-19(4-2-17)33-9-11-34(12-10-33)20-5-6-20/h1-4,13-14,20-21,35H,5-12,15H2,(H,31,36)(H,32,37). The van der Waals surface area contributed by atoms with Gasteiger partial charge in [-0.05, 0) is 113 Å². The third kappa shape index (κ3) is 6.15. The van der Waals surface area contributed by atoms with E-state index in [0.29, 0.717) is 31.1 Å². The number of hydrogen-bond donors (Lipinski definition) is 3. The number of carbonyl (C=O) groups is 2. The average Bonchev–Trinajstić information content (AvgIpc) is 3.83. The van der Waals surface area contributed by atoms with Crippen LogP contribution in [0.2, 0.25) is 0 Å². The molecule has 3 N–H and O–H groups in total. The SMILES string of the molecule is N#CC1(NC(=O)C(CNC(=O)c2ccc(N3CCN(C4CC4)CC3)cc2)c2cc(I)c(O)c(I)c2)CC1. The van der Waals surface area contributed by atoms with Crippen LogP contribution in [0.1, 0.15) is 47.5 Å². The lowest BCUT2D eigenvalue weighted by atomic mass is 9.97. The third-order valence-electron chi connectivity index (χ3n) is 7.42. The maximum absolute atomic E-state index is 13.2. The molecule has 3 aliphatic rings. The van der Waals surface area contributed by atoms with Gasteiger partial charge in [0.25, 0.3) is 5.91 Å². The molecule has 2 amide bonds. The van der Waals surface area contributed by atoms with Crippen molar-refractivity contribution in [3.05, 3.63) is 54.7 Å². The minimum Gasteiger partial charge on any atom is -0.506 e. The van der Waals surface area contributed by atoms with E-state index in [4.69, 9.17) is 0 Å². The predicted octanol–water partition coefficient (Wildman–Crippen LogP) is 3.57. The van der Waals surface area contributed by atoms with Crippen molar-refractivity contribution in [1.29, 1.82) is 5.26 Å². The van der Waals surface area contributed by atoms with Gasteiger partial charge >= 0.3 is 0 Å². The lowest BCUT2D eigenvalue weighted by molar-refractivity contribution is -0.123. The number of aromatic hydroxyl groups is 1. The van der Waals surface area contributed by atoms with Crippen LogP contribution < -0.4 is 15.5 Å². The summed E-state index contributed by atoms with van der Waals surface area (Å²) in [5, 5.41) is 25.4. The average molecular weight is 725 g/mol. The number of hydrogen-bond acceptors (Lipinski definition) is 6. The maximum Gasteiger partial charge on any atom is 0.251 e. The first-order valence-corrected chi connectivity index (χ1v) is 14.7. The molecule has 3 fully saturated rings. The summed E-state index contributed by atoms with van der Waals surface area (Å²) in [5.74, 6) is -1.10. The van der Waals surface area contributed by atoms with Gasteiger partial charge in [0.1, 0.15) is 11.3 Å². The van der Waals surface area contributed by atoms with Crippen molar-refractivity contribution >= 4 is 62.7 Å². The number of nitrogens with zero attached hydrogens (tertiary/aromatic N) is 3. The summed E-state index contributed by atoms with van der Waals surface area (Å²) in [6, 6.07) is 14.1. The van der Waals surface area contributed by atoms with E-state index in [9.17, 15) is 20.0 Å². The summed E-state index contributed by atoms with van der Waals surface area (Å²) in [7, 11) is 0. The van der Waals surface area contributed by atoms with Gasteiger partial charge in [0.15, 0.2) is 0 Å². The monoisotopic (exact) mass is 725 g/mol. The van der Waals surface area contributed by atoms with Crippen molar-refractivity contribution in [1.82, 2.24) is 15.5 Å². The third-order valence-corrected chi connectivity index (χ3v) is 9.07. The number of piperazine rings is 1. The van der Waals surface area contributed by atoms with Crippen LogP contribution in [-0.2, 0) is 4.79 Å². The number of nitrogens with one attached hydrogen (secondary N) is 2. The minimum atomic E-state index is -0.809. The fourth-order valence-corrected chi connectivity index (χ4v) is 6.58. The molecule has 1 saturated heterocycles. The van der Waals surface area contributed by atoms with E-state index in [1.807, 2.05) is 69.4 Å². The highest BCUT2D eigenvalue weighted by molar-refractivity contribution is 14.1. The molecule has 10 heteroatoms. The number of phenolic OH excluding ortho intramolecular Hbond substituents is 1. The van der Waals surface area contributed by atoms with Crippen LogP contribution in [0.5, 0.6) is 5.75 Å². The van der Waals surface area contributed by atoms with Gasteiger partial charge in [0.05, 0.1) is 19.1 Å². The van der Waals surface area contributed by atoms with Gasteiger partial charge in [-0.2, -0.15) is 5.26 Å². The highest BCUT2D eigenvalue weighted by atomic mass is 127. The Hall–Kier alpha value is -2.11. The van der Waals surface area contributed by atoms with Gasteiger partial charge in [0.2, 0.25) is 5.91 Å². The molecule has 0 aromatic heterocycles. The van der Waals surface area contributed by atoms with Crippen molar-refractivity contribution < 1.29 is 14.7 Å². The molecule has 1 unspecified atom stereocenters. The van der Waals surface area contributed by atoms with E-state index in [1.54, 1.807) is 12.1 Å². The quantitative estimate of drug-likeness (QED) is 0.360. The van der Waals surface area contributed by atoms with Crippen LogP contribution in [0.3, 0.4) is 0 Å². The smallest absolute Gasteiger partial charge is 0.251 e. The van der Waals surface area contributed by atoms with Crippen molar-refractivity contribution in [2.45, 2.75) is 43.2 Å². The molecular weight excluding hydrogens is 696 g/mol. The maximum atomic E-state index is 13.2. The van der Waals surface area contributed by atoms with Crippen molar-refractivity contribution in [2.24, 2.45) is 0 Å². The summed E-state index contributed by atoms with van der Waals surface area (Å²) >= 11 is 4.05. The summed E-state index contributed by atoms with van der Waals surface area (Å²) in [6.07, 6.45) is 3.91.